The van der Waals surface area contributed by atoms with Gasteiger partial charge in [0.15, 0.2) is 0 Å². The van der Waals surface area contributed by atoms with Gasteiger partial charge in [-0.1, -0.05) is 42.5 Å². The fourth-order valence-electron chi connectivity index (χ4n) is 4.92. The number of fused-ring (bicyclic) bond motifs is 1. The van der Waals surface area contributed by atoms with Gasteiger partial charge in [0.2, 0.25) is 11.8 Å². The number of carbonyl (C=O) groups excluding carboxylic acids is 4. The molecule has 10 nitrogen and oxygen atoms in total. The van der Waals surface area contributed by atoms with Crippen LogP contribution in [0.25, 0.3) is 0 Å². The van der Waals surface area contributed by atoms with E-state index in [-0.39, 0.29) is 39.3 Å². The molecule has 0 unspecified atom stereocenters. The van der Waals surface area contributed by atoms with Crippen molar-refractivity contribution in [3.8, 4) is 0 Å². The molecular formula is C28H34FN5O5. The topological polar surface area (TPSA) is 125 Å². The quantitative estimate of drug-likeness (QED) is 0.463. The summed E-state index contributed by atoms with van der Waals surface area (Å²) in [5, 5.41) is 2.70. The molecule has 2 atom stereocenters. The number of nitrogens with zero attached hydrogens (tertiary/aromatic N) is 3. The van der Waals surface area contributed by atoms with Gasteiger partial charge in [-0.2, -0.15) is 0 Å². The van der Waals surface area contributed by atoms with Crippen LogP contribution in [0.4, 0.5) is 9.18 Å². The number of imide groups is 1. The number of halogens is 1. The summed E-state index contributed by atoms with van der Waals surface area (Å²) in [6, 6.07) is 13.6. The number of piperazine rings is 1. The monoisotopic (exact) mass is 539 g/mol. The van der Waals surface area contributed by atoms with Crippen molar-refractivity contribution in [2.75, 3.05) is 33.3 Å². The molecule has 3 N–H and O–H groups in total. The first-order chi connectivity index (χ1) is 18.4. The van der Waals surface area contributed by atoms with Crippen molar-refractivity contribution < 1.29 is 28.3 Å². The number of rotatable bonds is 9. The average Bonchev–Trinajstić information content (AvgIpc) is 3.09. The molecule has 2 aromatic carbocycles. The van der Waals surface area contributed by atoms with Crippen LogP contribution in [-0.4, -0.2) is 88.9 Å². The number of benzene rings is 2. The minimum atomic E-state index is -1.36. The molecule has 4 rings (SSSR count). The maximum atomic E-state index is 13.8. The summed E-state index contributed by atoms with van der Waals surface area (Å²) in [6.45, 7) is 3.37. The molecule has 208 valence electrons. The van der Waals surface area contributed by atoms with Gasteiger partial charge in [-0.05, 0) is 37.1 Å². The average molecular weight is 540 g/mol. The largest absolute Gasteiger partial charge is 0.374 e. The molecule has 0 aromatic heterocycles. The van der Waals surface area contributed by atoms with Gasteiger partial charge >= 0.3 is 6.03 Å². The second kappa shape index (κ2) is 11.1. The van der Waals surface area contributed by atoms with Crippen LogP contribution >= 0.6 is 0 Å². The minimum absolute atomic E-state index is 0.0881. The summed E-state index contributed by atoms with van der Waals surface area (Å²) in [7, 11) is 1.41. The normalized spacial score (nSPS) is 20.2. The predicted molar refractivity (Wildman–Crippen MR) is 141 cm³/mol. The maximum Gasteiger partial charge on any atom is 0.327 e. The lowest BCUT2D eigenvalue weighted by Crippen LogP contribution is -2.67. The molecule has 2 aliphatic rings. The maximum absolute atomic E-state index is 13.8. The lowest BCUT2D eigenvalue weighted by Gasteiger charge is -2.45. The number of amides is 5. The highest BCUT2D eigenvalue weighted by atomic mass is 19.1. The van der Waals surface area contributed by atoms with E-state index in [0.717, 1.165) is 10.5 Å². The standard InChI is InChI=1S/C28H34FN5O5/c1-27(2,30)24(36)31-22(17-39-16-20-7-5-4-6-8-20)23(35)33-13-14-34-26(38)32(3)25(37)28(34,18-33)15-19-9-11-21(29)12-10-19/h4-12,22H,13-18,30H2,1-3H3,(H,31,36)/t22-,28+/m1/s1. The molecule has 0 saturated carbocycles. The zero-order valence-electron chi connectivity index (χ0n) is 22.4. The highest BCUT2D eigenvalue weighted by molar-refractivity contribution is 6.07. The van der Waals surface area contributed by atoms with Crippen molar-refractivity contribution in [2.24, 2.45) is 5.73 Å². The van der Waals surface area contributed by atoms with E-state index in [4.69, 9.17) is 10.5 Å². The Labute approximate surface area is 226 Å². The lowest BCUT2D eigenvalue weighted by molar-refractivity contribution is -0.146. The Morgan fingerprint density at radius 2 is 1.74 bits per heavy atom. The molecule has 0 aliphatic carbocycles. The number of urea groups is 1. The third kappa shape index (κ3) is 5.94. The van der Waals surface area contributed by atoms with Gasteiger partial charge in [0.05, 0.1) is 25.3 Å². The van der Waals surface area contributed by atoms with E-state index in [1.807, 2.05) is 30.3 Å². The lowest BCUT2D eigenvalue weighted by atomic mass is 9.86. The van der Waals surface area contributed by atoms with Gasteiger partial charge < -0.3 is 25.6 Å². The number of hydrogen-bond acceptors (Lipinski definition) is 6. The zero-order chi connectivity index (χ0) is 28.4. The minimum Gasteiger partial charge on any atom is -0.374 e. The highest BCUT2D eigenvalue weighted by Gasteiger charge is 2.59. The van der Waals surface area contributed by atoms with Crippen LogP contribution in [-0.2, 0) is 32.1 Å². The molecule has 2 heterocycles. The molecule has 0 spiro atoms. The van der Waals surface area contributed by atoms with Crippen LogP contribution in [0.1, 0.15) is 25.0 Å². The third-order valence-electron chi connectivity index (χ3n) is 7.09. The smallest absolute Gasteiger partial charge is 0.327 e. The van der Waals surface area contributed by atoms with Gasteiger partial charge in [0, 0.05) is 26.6 Å². The summed E-state index contributed by atoms with van der Waals surface area (Å²) in [4.78, 5) is 56.9. The van der Waals surface area contributed by atoms with Crippen LogP contribution in [0, 0.1) is 5.82 Å². The summed E-state index contributed by atoms with van der Waals surface area (Å²) < 4.78 is 19.3. The molecule has 5 amide bonds. The molecule has 2 fully saturated rings. The number of nitrogens with one attached hydrogen (secondary N) is 1. The van der Waals surface area contributed by atoms with E-state index >= 15 is 0 Å². The second-order valence-corrected chi connectivity index (χ2v) is 10.6. The summed E-state index contributed by atoms with van der Waals surface area (Å²) in [5.41, 5.74) is 4.92. The van der Waals surface area contributed by atoms with Crippen molar-refractivity contribution in [3.05, 3.63) is 71.5 Å². The predicted octanol–water partition coefficient (Wildman–Crippen LogP) is 1.28. The first-order valence-electron chi connectivity index (χ1n) is 12.8. The van der Waals surface area contributed by atoms with Crippen LogP contribution in [0.15, 0.2) is 54.6 Å². The Morgan fingerprint density at radius 1 is 1.08 bits per heavy atom. The molecular weight excluding hydrogens is 505 g/mol. The van der Waals surface area contributed by atoms with Gasteiger partial charge in [0.25, 0.3) is 5.91 Å². The number of carbonyl (C=O) groups is 4. The molecule has 2 aliphatic heterocycles. The van der Waals surface area contributed by atoms with E-state index in [1.165, 1.54) is 42.8 Å². The number of likely N-dealkylation sites (N-methyl/N-ethyl adjacent to an activating group) is 1. The molecule has 2 aromatic rings. The second-order valence-electron chi connectivity index (χ2n) is 10.6. The third-order valence-corrected chi connectivity index (χ3v) is 7.09. The molecule has 39 heavy (non-hydrogen) atoms. The van der Waals surface area contributed by atoms with Crippen molar-refractivity contribution in [1.82, 2.24) is 20.0 Å². The molecule has 2 saturated heterocycles. The van der Waals surface area contributed by atoms with Crippen molar-refractivity contribution in [1.29, 1.82) is 0 Å². The Kier molecular flexibility index (Phi) is 8.03. The fraction of sp³-hybridized carbons (Fsp3) is 0.429. The van der Waals surface area contributed by atoms with E-state index in [2.05, 4.69) is 5.32 Å². The Hall–Kier alpha value is -3.83. The van der Waals surface area contributed by atoms with E-state index in [0.29, 0.717) is 5.56 Å². The number of hydrogen-bond donors (Lipinski definition) is 2. The van der Waals surface area contributed by atoms with Gasteiger partial charge in [-0.15, -0.1) is 0 Å². The Bertz CT molecular complexity index is 1230. The number of nitrogens with two attached hydrogens (primary N) is 1. The van der Waals surface area contributed by atoms with Gasteiger partial charge in [-0.3, -0.25) is 19.3 Å². The van der Waals surface area contributed by atoms with Crippen LogP contribution < -0.4 is 11.1 Å². The summed E-state index contributed by atoms with van der Waals surface area (Å²) in [6.07, 6.45) is 0.101. The molecule has 0 radical (unpaired) electrons. The van der Waals surface area contributed by atoms with Crippen molar-refractivity contribution in [3.63, 3.8) is 0 Å². The first-order valence-corrected chi connectivity index (χ1v) is 12.8. The van der Waals surface area contributed by atoms with Crippen LogP contribution in [0.2, 0.25) is 0 Å². The fourth-order valence-corrected chi connectivity index (χ4v) is 4.92. The SMILES string of the molecule is CN1C(=O)N2CCN(C(=O)[C@@H](COCc3ccccc3)NC(=O)C(C)(C)N)C[C@@]2(Cc2ccc(F)cc2)C1=O. The highest BCUT2D eigenvalue weighted by Crippen LogP contribution is 2.34. The van der Waals surface area contributed by atoms with E-state index in [1.54, 1.807) is 12.1 Å². The zero-order valence-corrected chi connectivity index (χ0v) is 22.4. The Morgan fingerprint density at radius 3 is 2.38 bits per heavy atom. The van der Waals surface area contributed by atoms with Gasteiger partial charge in [-0.25, -0.2) is 9.18 Å². The van der Waals surface area contributed by atoms with Crippen LogP contribution in [0.5, 0.6) is 0 Å². The van der Waals surface area contributed by atoms with Crippen molar-refractivity contribution >= 4 is 23.8 Å². The summed E-state index contributed by atoms with van der Waals surface area (Å²) in [5.74, 6) is -1.85. The number of ether oxygens (including phenoxy) is 1. The van der Waals surface area contributed by atoms with Crippen molar-refractivity contribution in [2.45, 2.75) is 44.0 Å². The molecule has 11 heteroatoms. The first kappa shape index (κ1) is 28.2. The Balaban J connectivity index is 1.57. The van der Waals surface area contributed by atoms with Gasteiger partial charge in [0.1, 0.15) is 17.4 Å². The van der Waals surface area contributed by atoms with Crippen LogP contribution in [0.3, 0.4) is 0 Å². The van der Waals surface area contributed by atoms with E-state index in [9.17, 15) is 23.6 Å². The summed E-state index contributed by atoms with van der Waals surface area (Å²) >= 11 is 0. The molecule has 0 bridgehead atoms. The van der Waals surface area contributed by atoms with E-state index < -0.39 is 46.7 Å².